The highest BCUT2D eigenvalue weighted by Crippen LogP contribution is 2.31. The Labute approximate surface area is 218 Å². The van der Waals surface area contributed by atoms with E-state index in [-0.39, 0.29) is 29.6 Å². The zero-order valence-electron chi connectivity index (χ0n) is 22.0. The van der Waals surface area contributed by atoms with E-state index in [1.165, 1.54) is 13.2 Å². The maximum absolute atomic E-state index is 14.0. The fraction of sp³-hybridized carbons (Fsp3) is 0.367. The van der Waals surface area contributed by atoms with Gasteiger partial charge in [0.05, 0.1) is 31.5 Å². The van der Waals surface area contributed by atoms with Crippen LogP contribution in [0.2, 0.25) is 0 Å². The summed E-state index contributed by atoms with van der Waals surface area (Å²) >= 11 is 0. The molecular formula is C30H36FNO5. The van der Waals surface area contributed by atoms with Gasteiger partial charge in [-0.05, 0) is 80.1 Å². The number of aliphatic hydroxyl groups excluding tert-OH is 1. The van der Waals surface area contributed by atoms with E-state index < -0.39 is 17.9 Å². The third-order valence-electron chi connectivity index (χ3n) is 6.38. The molecule has 0 aliphatic heterocycles. The predicted octanol–water partition coefficient (Wildman–Crippen LogP) is 5.56. The van der Waals surface area contributed by atoms with Gasteiger partial charge in [0.1, 0.15) is 0 Å². The molecule has 0 unspecified atom stereocenters. The number of hydrogen-bond acceptors (Lipinski definition) is 5. The van der Waals surface area contributed by atoms with Gasteiger partial charge in [0, 0.05) is 12.1 Å². The highest BCUT2D eigenvalue weighted by atomic mass is 19.1. The fourth-order valence-corrected chi connectivity index (χ4v) is 4.38. The molecule has 2 atom stereocenters. The lowest BCUT2D eigenvalue weighted by atomic mass is 9.94. The highest BCUT2D eigenvalue weighted by molar-refractivity contribution is 5.90. The Kier molecular flexibility index (Phi) is 9.43. The smallest absolute Gasteiger partial charge is 0.335 e. The van der Waals surface area contributed by atoms with Crippen molar-refractivity contribution in [1.29, 1.82) is 0 Å². The average Bonchev–Trinajstić information content (AvgIpc) is 2.85. The molecule has 0 fully saturated rings. The van der Waals surface area contributed by atoms with E-state index in [2.05, 4.69) is 5.32 Å². The van der Waals surface area contributed by atoms with E-state index in [1.807, 2.05) is 57.2 Å². The molecule has 3 aromatic carbocycles. The molecule has 3 aromatic rings. The van der Waals surface area contributed by atoms with Crippen LogP contribution in [0.15, 0.2) is 60.7 Å². The van der Waals surface area contributed by atoms with E-state index in [0.29, 0.717) is 18.5 Å². The predicted molar refractivity (Wildman–Crippen MR) is 143 cm³/mol. The molecule has 0 saturated heterocycles. The van der Waals surface area contributed by atoms with Gasteiger partial charge in [-0.1, -0.05) is 42.5 Å². The summed E-state index contributed by atoms with van der Waals surface area (Å²) in [5, 5.41) is 23.2. The Balaban J connectivity index is 1.58. The third-order valence-corrected chi connectivity index (χ3v) is 6.38. The number of aliphatic hydroxyl groups is 1. The van der Waals surface area contributed by atoms with Crippen LogP contribution < -0.4 is 10.1 Å². The number of nitrogens with one attached hydrogen (secondary N) is 1. The first-order valence-electron chi connectivity index (χ1n) is 12.3. The molecule has 7 heteroatoms. The highest BCUT2D eigenvalue weighted by Gasteiger charge is 2.21. The topological polar surface area (TPSA) is 88.0 Å². The zero-order valence-corrected chi connectivity index (χ0v) is 22.0. The minimum absolute atomic E-state index is 0.132. The van der Waals surface area contributed by atoms with E-state index >= 15 is 0 Å². The maximum Gasteiger partial charge on any atom is 0.335 e. The monoisotopic (exact) mass is 509 g/mol. The van der Waals surface area contributed by atoms with Crippen LogP contribution in [0.3, 0.4) is 0 Å². The summed E-state index contributed by atoms with van der Waals surface area (Å²) < 4.78 is 25.0. The standard InChI is InChI=1S/C30H36FNO5/c1-19-14-22(11-12-24(19)29(34)35)26-9-7-6-8-25(26)20(2)37-18-23(33)17-32-30(3,4)16-21-10-13-28(36-5)27(31)15-21/h6-15,20,23,32-33H,16-18H2,1-5H3,(H,34,35)/t20-,23-/m1/s1. The van der Waals surface area contributed by atoms with Crippen LogP contribution in [0, 0.1) is 12.7 Å². The number of aryl methyl sites for hydroxylation is 1. The van der Waals surface area contributed by atoms with E-state index in [9.17, 15) is 19.4 Å². The van der Waals surface area contributed by atoms with E-state index in [0.717, 1.165) is 22.3 Å². The summed E-state index contributed by atoms with van der Waals surface area (Å²) in [5.41, 5.74) is 4.24. The zero-order chi connectivity index (χ0) is 27.2. The molecule has 3 N–H and O–H groups in total. The van der Waals surface area contributed by atoms with Crippen molar-refractivity contribution in [1.82, 2.24) is 5.32 Å². The van der Waals surface area contributed by atoms with Crippen LogP contribution >= 0.6 is 0 Å². The number of ether oxygens (including phenoxy) is 2. The van der Waals surface area contributed by atoms with Gasteiger partial charge < -0.3 is 25.0 Å². The average molecular weight is 510 g/mol. The van der Waals surface area contributed by atoms with Crippen LogP contribution in [0.4, 0.5) is 4.39 Å². The van der Waals surface area contributed by atoms with Crippen molar-refractivity contribution in [3.8, 4) is 16.9 Å². The van der Waals surface area contributed by atoms with Crippen molar-refractivity contribution in [3.63, 3.8) is 0 Å². The molecule has 3 rings (SSSR count). The lowest BCUT2D eigenvalue weighted by Gasteiger charge is -2.28. The van der Waals surface area contributed by atoms with E-state index in [1.54, 1.807) is 25.1 Å². The number of methoxy groups -OCH3 is 1. The molecule has 0 amide bonds. The van der Waals surface area contributed by atoms with Crippen molar-refractivity contribution in [3.05, 3.63) is 88.7 Å². The van der Waals surface area contributed by atoms with Gasteiger partial charge in [-0.2, -0.15) is 0 Å². The largest absolute Gasteiger partial charge is 0.494 e. The molecule has 0 spiro atoms. The number of carboxylic acids is 1. The summed E-state index contributed by atoms with van der Waals surface area (Å²) in [6.45, 7) is 8.16. The van der Waals surface area contributed by atoms with Crippen molar-refractivity contribution in [2.24, 2.45) is 0 Å². The minimum atomic E-state index is -0.948. The molecule has 37 heavy (non-hydrogen) atoms. The summed E-state index contributed by atoms with van der Waals surface area (Å²) in [6.07, 6.45) is -0.454. The Morgan fingerprint density at radius 2 is 1.84 bits per heavy atom. The quantitative estimate of drug-likeness (QED) is 0.296. The summed E-state index contributed by atoms with van der Waals surface area (Å²) in [7, 11) is 1.44. The van der Waals surface area contributed by atoms with Crippen molar-refractivity contribution in [2.45, 2.75) is 51.9 Å². The lowest BCUT2D eigenvalue weighted by Crippen LogP contribution is -2.46. The first-order chi connectivity index (χ1) is 17.5. The Hall–Kier alpha value is -3.26. The van der Waals surface area contributed by atoms with Crippen molar-refractivity contribution in [2.75, 3.05) is 20.3 Å². The van der Waals surface area contributed by atoms with Gasteiger partial charge in [-0.25, -0.2) is 9.18 Å². The number of aromatic carboxylic acids is 1. The second-order valence-corrected chi connectivity index (χ2v) is 9.96. The van der Waals surface area contributed by atoms with Crippen LogP contribution in [-0.2, 0) is 11.2 Å². The van der Waals surface area contributed by atoms with Gasteiger partial charge in [-0.15, -0.1) is 0 Å². The van der Waals surface area contributed by atoms with Crippen LogP contribution in [0.1, 0.15) is 53.9 Å². The second-order valence-electron chi connectivity index (χ2n) is 9.96. The summed E-state index contributed by atoms with van der Waals surface area (Å²) in [6, 6.07) is 18.0. The second kappa shape index (κ2) is 12.3. The molecule has 6 nitrogen and oxygen atoms in total. The van der Waals surface area contributed by atoms with Crippen molar-refractivity contribution >= 4 is 5.97 Å². The molecule has 0 bridgehead atoms. The van der Waals surface area contributed by atoms with Gasteiger partial charge in [0.15, 0.2) is 11.6 Å². The molecular weight excluding hydrogens is 473 g/mol. The molecule has 198 valence electrons. The first-order valence-corrected chi connectivity index (χ1v) is 12.3. The van der Waals surface area contributed by atoms with E-state index in [4.69, 9.17) is 9.47 Å². The van der Waals surface area contributed by atoms with Gasteiger partial charge >= 0.3 is 5.97 Å². The Morgan fingerprint density at radius 1 is 1.11 bits per heavy atom. The number of hydrogen-bond donors (Lipinski definition) is 3. The minimum Gasteiger partial charge on any atom is -0.494 e. The number of carbonyl (C=O) groups is 1. The first kappa shape index (κ1) is 28.3. The number of rotatable bonds is 12. The van der Waals surface area contributed by atoms with Gasteiger partial charge in [-0.3, -0.25) is 0 Å². The Bertz CT molecular complexity index is 1230. The number of benzene rings is 3. The fourth-order valence-electron chi connectivity index (χ4n) is 4.38. The number of β-amino-alcohol motifs (C(OH)–C–C–N with tert-alkyl or cyclic N) is 1. The molecule has 0 aliphatic carbocycles. The lowest BCUT2D eigenvalue weighted by molar-refractivity contribution is -0.00397. The maximum atomic E-state index is 14.0. The van der Waals surface area contributed by atoms with Gasteiger partial charge in [0.25, 0.3) is 0 Å². The molecule has 0 aromatic heterocycles. The third kappa shape index (κ3) is 7.61. The normalized spacial score (nSPS) is 13.3. The molecule has 0 radical (unpaired) electrons. The molecule has 0 heterocycles. The van der Waals surface area contributed by atoms with Crippen LogP contribution in [0.5, 0.6) is 5.75 Å². The number of halogens is 1. The van der Waals surface area contributed by atoms with Crippen molar-refractivity contribution < 1.29 is 28.9 Å². The van der Waals surface area contributed by atoms with Crippen LogP contribution in [-0.4, -0.2) is 48.1 Å². The molecule has 0 saturated carbocycles. The van der Waals surface area contributed by atoms with Crippen LogP contribution in [0.25, 0.3) is 11.1 Å². The SMILES string of the molecule is COc1ccc(CC(C)(C)NC[C@@H](O)CO[C@H](C)c2ccccc2-c2ccc(C(=O)O)c(C)c2)cc1F. The number of carboxylic acid groups (broad SMARTS) is 1. The summed E-state index contributed by atoms with van der Waals surface area (Å²) in [5.74, 6) is -1.13. The Morgan fingerprint density at radius 3 is 2.49 bits per heavy atom. The summed E-state index contributed by atoms with van der Waals surface area (Å²) in [4.78, 5) is 11.4. The van der Waals surface area contributed by atoms with Gasteiger partial charge in [0.2, 0.25) is 0 Å². The molecule has 0 aliphatic rings.